The fourth-order valence-corrected chi connectivity index (χ4v) is 3.03. The van der Waals surface area contributed by atoms with Crippen LogP contribution in [0.5, 0.6) is 0 Å². The summed E-state index contributed by atoms with van der Waals surface area (Å²) >= 11 is 1.74. The smallest absolute Gasteiger partial charge is 0.239 e. The zero-order valence-corrected chi connectivity index (χ0v) is 11.6. The Morgan fingerprint density at radius 1 is 1.40 bits per heavy atom. The Morgan fingerprint density at radius 3 is 3.10 bits per heavy atom. The Hall–Kier alpha value is -2.34. The highest BCUT2D eigenvalue weighted by atomic mass is 32.1. The van der Waals surface area contributed by atoms with Crippen molar-refractivity contribution < 1.29 is 4.79 Å². The second kappa shape index (κ2) is 5.34. The van der Waals surface area contributed by atoms with Crippen molar-refractivity contribution in [1.29, 1.82) is 0 Å². The molecule has 1 amide bonds. The summed E-state index contributed by atoms with van der Waals surface area (Å²) in [5.41, 5.74) is 7.26. The van der Waals surface area contributed by atoms with Gasteiger partial charge in [-0.05, 0) is 22.4 Å². The number of amides is 1. The van der Waals surface area contributed by atoms with Crippen molar-refractivity contribution in [3.63, 3.8) is 0 Å². The average molecular weight is 286 g/mol. The molecule has 0 atom stereocenters. The number of carbonyl (C=O) groups is 1. The molecule has 20 heavy (non-hydrogen) atoms. The zero-order chi connectivity index (χ0) is 13.9. The number of benzene rings is 1. The molecule has 3 N–H and O–H groups in total. The summed E-state index contributed by atoms with van der Waals surface area (Å²) in [6.45, 7) is 0.829. The molecule has 0 aliphatic heterocycles. The molecule has 2 aromatic heterocycles. The van der Waals surface area contributed by atoms with Crippen LogP contribution in [0.3, 0.4) is 0 Å². The third kappa shape index (κ3) is 2.65. The van der Waals surface area contributed by atoms with E-state index < -0.39 is 5.91 Å². The number of fused-ring (bicyclic) bond motifs is 1. The standard InChI is InChI=1S/C14H14N4OS/c15-14(19)8-18-7-11(6-17-18)16-5-10-9-20-13-4-2-1-3-12(10)13/h1-4,6-7,9,16H,5,8H2,(H2,15,19). The third-order valence-electron chi connectivity index (χ3n) is 3.00. The van der Waals surface area contributed by atoms with E-state index in [1.54, 1.807) is 23.7 Å². The molecular formula is C14H14N4OS. The van der Waals surface area contributed by atoms with Gasteiger partial charge in [-0.2, -0.15) is 5.10 Å². The van der Waals surface area contributed by atoms with E-state index >= 15 is 0 Å². The van der Waals surface area contributed by atoms with Crippen LogP contribution < -0.4 is 11.1 Å². The predicted octanol–water partition coefficient (Wildman–Crippen LogP) is 2.20. The van der Waals surface area contributed by atoms with Gasteiger partial charge in [0.05, 0.1) is 11.9 Å². The molecule has 5 nitrogen and oxygen atoms in total. The molecule has 0 radical (unpaired) electrons. The number of rotatable bonds is 5. The van der Waals surface area contributed by atoms with Crippen LogP contribution in [0.25, 0.3) is 10.1 Å². The molecular weight excluding hydrogens is 272 g/mol. The van der Waals surface area contributed by atoms with Crippen molar-refractivity contribution in [2.24, 2.45) is 5.73 Å². The maximum absolute atomic E-state index is 10.8. The van der Waals surface area contributed by atoms with Gasteiger partial charge in [-0.15, -0.1) is 11.3 Å². The van der Waals surface area contributed by atoms with Crippen LogP contribution in [-0.2, 0) is 17.9 Å². The summed E-state index contributed by atoms with van der Waals surface area (Å²) < 4.78 is 2.81. The van der Waals surface area contributed by atoms with Crippen molar-refractivity contribution in [2.45, 2.75) is 13.1 Å². The number of nitrogens with one attached hydrogen (secondary N) is 1. The lowest BCUT2D eigenvalue weighted by atomic mass is 10.2. The van der Waals surface area contributed by atoms with E-state index in [1.807, 2.05) is 12.1 Å². The van der Waals surface area contributed by atoms with E-state index in [0.29, 0.717) is 0 Å². The predicted molar refractivity (Wildman–Crippen MR) is 80.6 cm³/mol. The summed E-state index contributed by atoms with van der Waals surface area (Å²) in [7, 11) is 0. The van der Waals surface area contributed by atoms with Gasteiger partial charge in [0.15, 0.2) is 0 Å². The van der Waals surface area contributed by atoms with E-state index in [4.69, 9.17) is 5.73 Å². The second-order valence-corrected chi connectivity index (χ2v) is 5.41. The van der Waals surface area contributed by atoms with E-state index in [1.165, 1.54) is 20.3 Å². The van der Waals surface area contributed by atoms with Crippen LogP contribution in [0, 0.1) is 0 Å². The molecule has 0 aliphatic carbocycles. The maximum atomic E-state index is 10.8. The van der Waals surface area contributed by atoms with Gasteiger partial charge >= 0.3 is 0 Å². The summed E-state index contributed by atoms with van der Waals surface area (Å²) in [6, 6.07) is 8.33. The average Bonchev–Trinajstić information content (AvgIpc) is 3.02. The van der Waals surface area contributed by atoms with Crippen LogP contribution >= 0.6 is 11.3 Å². The van der Waals surface area contributed by atoms with E-state index in [-0.39, 0.29) is 6.54 Å². The third-order valence-corrected chi connectivity index (χ3v) is 4.01. The minimum absolute atomic E-state index is 0.100. The summed E-state index contributed by atoms with van der Waals surface area (Å²) in [5.74, 6) is -0.400. The SMILES string of the molecule is NC(=O)Cn1cc(NCc2csc3ccccc23)cn1. The lowest BCUT2D eigenvalue weighted by Gasteiger charge is -2.02. The van der Waals surface area contributed by atoms with Crippen LogP contribution in [0.1, 0.15) is 5.56 Å². The number of nitrogens with zero attached hydrogens (tertiary/aromatic N) is 2. The summed E-state index contributed by atoms with van der Waals surface area (Å²) in [5, 5.41) is 10.8. The van der Waals surface area contributed by atoms with Gasteiger partial charge in [0.1, 0.15) is 6.54 Å². The molecule has 0 spiro atoms. The number of anilines is 1. The van der Waals surface area contributed by atoms with Crippen LogP contribution in [-0.4, -0.2) is 15.7 Å². The fourth-order valence-electron chi connectivity index (χ4n) is 2.07. The van der Waals surface area contributed by atoms with Crippen LogP contribution in [0.4, 0.5) is 5.69 Å². The minimum atomic E-state index is -0.400. The molecule has 0 unspecified atom stereocenters. The van der Waals surface area contributed by atoms with E-state index in [9.17, 15) is 4.79 Å². The highest BCUT2D eigenvalue weighted by Crippen LogP contribution is 2.26. The quantitative estimate of drug-likeness (QED) is 0.755. The summed E-state index contributed by atoms with van der Waals surface area (Å²) in [6.07, 6.45) is 3.47. The maximum Gasteiger partial charge on any atom is 0.239 e. The molecule has 102 valence electrons. The molecule has 0 aliphatic rings. The van der Waals surface area contributed by atoms with Gasteiger partial charge in [-0.1, -0.05) is 18.2 Å². The summed E-state index contributed by atoms with van der Waals surface area (Å²) in [4.78, 5) is 10.8. The Bertz CT molecular complexity index is 746. The normalized spacial score (nSPS) is 10.8. The van der Waals surface area contributed by atoms with Gasteiger partial charge in [-0.25, -0.2) is 0 Å². The van der Waals surface area contributed by atoms with Crippen LogP contribution in [0.15, 0.2) is 42.0 Å². The zero-order valence-electron chi connectivity index (χ0n) is 10.7. The van der Waals surface area contributed by atoms with Crippen molar-refractivity contribution in [3.05, 3.63) is 47.6 Å². The molecule has 0 fully saturated rings. The Labute approximate surface area is 120 Å². The Balaban J connectivity index is 1.70. The number of primary amides is 1. The highest BCUT2D eigenvalue weighted by Gasteiger charge is 2.04. The number of hydrogen-bond donors (Lipinski definition) is 2. The van der Waals surface area contributed by atoms with Crippen LogP contribution in [0.2, 0.25) is 0 Å². The molecule has 6 heteroatoms. The number of nitrogens with two attached hydrogens (primary N) is 1. The van der Waals surface area contributed by atoms with Gasteiger partial charge < -0.3 is 11.1 Å². The first kappa shape index (κ1) is 12.7. The van der Waals surface area contributed by atoms with Gasteiger partial charge in [0.25, 0.3) is 0 Å². The first-order valence-corrected chi connectivity index (χ1v) is 7.10. The molecule has 0 bridgehead atoms. The topological polar surface area (TPSA) is 72.9 Å². The monoisotopic (exact) mass is 286 g/mol. The molecule has 2 heterocycles. The van der Waals surface area contributed by atoms with Crippen molar-refractivity contribution >= 4 is 33.0 Å². The number of thiophene rings is 1. The van der Waals surface area contributed by atoms with Crippen molar-refractivity contribution in [2.75, 3.05) is 5.32 Å². The lowest BCUT2D eigenvalue weighted by molar-refractivity contribution is -0.118. The number of aromatic nitrogens is 2. The molecule has 0 saturated carbocycles. The molecule has 1 aromatic carbocycles. The highest BCUT2D eigenvalue weighted by molar-refractivity contribution is 7.17. The number of hydrogen-bond acceptors (Lipinski definition) is 4. The molecule has 3 rings (SSSR count). The van der Waals surface area contributed by atoms with Gasteiger partial charge in [-0.3, -0.25) is 9.48 Å². The fraction of sp³-hybridized carbons (Fsp3) is 0.143. The van der Waals surface area contributed by atoms with E-state index in [0.717, 1.165) is 12.2 Å². The lowest BCUT2D eigenvalue weighted by Crippen LogP contribution is -2.18. The van der Waals surface area contributed by atoms with Gasteiger partial charge in [0, 0.05) is 17.4 Å². The Morgan fingerprint density at radius 2 is 2.25 bits per heavy atom. The van der Waals surface area contributed by atoms with Crippen molar-refractivity contribution in [1.82, 2.24) is 9.78 Å². The Kier molecular flexibility index (Phi) is 3.39. The molecule has 3 aromatic rings. The first-order chi connectivity index (χ1) is 9.72. The van der Waals surface area contributed by atoms with Gasteiger partial charge in [0.2, 0.25) is 5.91 Å². The number of carbonyl (C=O) groups excluding carboxylic acids is 1. The van der Waals surface area contributed by atoms with Crippen molar-refractivity contribution in [3.8, 4) is 0 Å². The first-order valence-electron chi connectivity index (χ1n) is 6.22. The second-order valence-electron chi connectivity index (χ2n) is 4.50. The molecule has 0 saturated heterocycles. The van der Waals surface area contributed by atoms with E-state index in [2.05, 4.69) is 27.9 Å². The minimum Gasteiger partial charge on any atom is -0.378 e. The largest absolute Gasteiger partial charge is 0.378 e.